The monoisotopic (exact) mass is 235 g/mol. The third kappa shape index (κ3) is 3.90. The van der Waals surface area contributed by atoms with Gasteiger partial charge < -0.3 is 9.64 Å². The summed E-state index contributed by atoms with van der Waals surface area (Å²) in [5.41, 5.74) is 0.884. The summed E-state index contributed by atoms with van der Waals surface area (Å²) in [6.45, 7) is 1.56. The zero-order chi connectivity index (χ0) is 12.8. The zero-order valence-electron chi connectivity index (χ0n) is 10.3. The summed E-state index contributed by atoms with van der Waals surface area (Å²) < 4.78 is 4.95. The number of rotatable bonds is 4. The van der Waals surface area contributed by atoms with Crippen molar-refractivity contribution >= 4 is 11.9 Å². The predicted octanol–water partition coefficient (Wildman–Crippen LogP) is 1.42. The smallest absolute Gasteiger partial charge is 0.313 e. The van der Waals surface area contributed by atoms with E-state index < -0.39 is 0 Å². The highest BCUT2D eigenvalue weighted by molar-refractivity contribution is 5.82. The summed E-state index contributed by atoms with van der Waals surface area (Å²) in [6, 6.07) is 9.34. The molecule has 1 rings (SSSR count). The third-order valence-electron chi connectivity index (χ3n) is 2.49. The molecule has 1 atom stereocenters. The lowest BCUT2D eigenvalue weighted by Gasteiger charge is -2.13. The van der Waals surface area contributed by atoms with E-state index >= 15 is 0 Å². The molecular weight excluding hydrogens is 218 g/mol. The van der Waals surface area contributed by atoms with E-state index in [0.717, 1.165) is 5.56 Å². The average Bonchev–Trinajstić information content (AvgIpc) is 2.35. The van der Waals surface area contributed by atoms with E-state index in [0.29, 0.717) is 0 Å². The molecule has 0 aromatic heterocycles. The van der Waals surface area contributed by atoms with E-state index in [2.05, 4.69) is 0 Å². The maximum Gasteiger partial charge on any atom is 0.313 e. The molecule has 0 N–H and O–H groups in total. The van der Waals surface area contributed by atoms with Crippen molar-refractivity contribution in [2.24, 2.45) is 0 Å². The Labute approximate surface area is 101 Å². The van der Waals surface area contributed by atoms with Crippen molar-refractivity contribution < 1.29 is 14.3 Å². The number of nitrogens with zero attached hydrogens (tertiary/aromatic N) is 1. The summed E-state index contributed by atoms with van der Waals surface area (Å²) in [6.07, 6.45) is 0. The second-order valence-electron chi connectivity index (χ2n) is 4.03. The second kappa shape index (κ2) is 6.03. The summed E-state index contributed by atoms with van der Waals surface area (Å²) in [7, 11) is 3.24. The van der Waals surface area contributed by atoms with Gasteiger partial charge in [-0.2, -0.15) is 0 Å². The highest BCUT2D eigenvalue weighted by Crippen LogP contribution is 2.15. The zero-order valence-corrected chi connectivity index (χ0v) is 10.3. The maximum absolute atomic E-state index is 11.7. The molecule has 0 saturated heterocycles. The number of likely N-dealkylation sites (N-methyl/N-ethyl adjacent to an activating group) is 1. The van der Waals surface area contributed by atoms with Gasteiger partial charge in [-0.25, -0.2) is 0 Å². The van der Waals surface area contributed by atoms with Gasteiger partial charge in [-0.1, -0.05) is 30.3 Å². The first-order valence-corrected chi connectivity index (χ1v) is 5.44. The van der Waals surface area contributed by atoms with Gasteiger partial charge in [0, 0.05) is 14.1 Å². The fourth-order valence-electron chi connectivity index (χ4n) is 1.26. The van der Waals surface area contributed by atoms with Crippen LogP contribution in [0.15, 0.2) is 30.3 Å². The van der Waals surface area contributed by atoms with Crippen LogP contribution in [-0.2, 0) is 14.3 Å². The minimum Gasteiger partial charge on any atom is -0.455 e. The van der Waals surface area contributed by atoms with Crippen molar-refractivity contribution in [1.29, 1.82) is 0 Å². The molecule has 0 aliphatic carbocycles. The molecule has 0 bridgehead atoms. The Hall–Kier alpha value is -1.84. The number of benzene rings is 1. The van der Waals surface area contributed by atoms with Crippen LogP contribution in [0.5, 0.6) is 0 Å². The number of hydrogen-bond donors (Lipinski definition) is 0. The largest absolute Gasteiger partial charge is 0.455 e. The van der Waals surface area contributed by atoms with Crippen molar-refractivity contribution in [2.75, 3.05) is 20.7 Å². The molecule has 0 radical (unpaired) electrons. The van der Waals surface area contributed by atoms with Crippen molar-refractivity contribution in [3.05, 3.63) is 35.9 Å². The van der Waals surface area contributed by atoms with E-state index in [4.69, 9.17) is 4.74 Å². The Kier molecular flexibility index (Phi) is 4.69. The molecule has 0 spiro atoms. The molecule has 1 aromatic carbocycles. The first-order valence-electron chi connectivity index (χ1n) is 5.44. The lowest BCUT2D eigenvalue weighted by atomic mass is 10.0. The first kappa shape index (κ1) is 13.2. The highest BCUT2D eigenvalue weighted by atomic mass is 16.5. The van der Waals surface area contributed by atoms with E-state index in [-0.39, 0.29) is 24.4 Å². The predicted molar refractivity (Wildman–Crippen MR) is 64.5 cm³/mol. The molecule has 0 fully saturated rings. The van der Waals surface area contributed by atoms with E-state index in [1.54, 1.807) is 21.0 Å². The molecule has 92 valence electrons. The van der Waals surface area contributed by atoms with Gasteiger partial charge in [0.25, 0.3) is 5.91 Å². The number of carbonyl (C=O) groups excluding carboxylic acids is 2. The van der Waals surface area contributed by atoms with Crippen LogP contribution in [0.2, 0.25) is 0 Å². The van der Waals surface area contributed by atoms with Gasteiger partial charge in [-0.05, 0) is 12.5 Å². The SMILES string of the molecule is CC(C(=O)OCC(=O)N(C)C)c1ccccc1. The number of hydrogen-bond acceptors (Lipinski definition) is 3. The van der Waals surface area contributed by atoms with Crippen molar-refractivity contribution in [1.82, 2.24) is 4.90 Å². The molecule has 0 saturated carbocycles. The van der Waals surface area contributed by atoms with E-state index in [1.807, 2.05) is 30.3 Å². The van der Waals surface area contributed by atoms with Crippen LogP contribution in [0.25, 0.3) is 0 Å². The fourth-order valence-corrected chi connectivity index (χ4v) is 1.26. The Bertz CT molecular complexity index is 387. The summed E-state index contributed by atoms with van der Waals surface area (Å²) >= 11 is 0. The molecule has 1 amide bonds. The van der Waals surface area contributed by atoms with Crippen LogP contribution in [-0.4, -0.2) is 37.5 Å². The van der Waals surface area contributed by atoms with Gasteiger partial charge in [-0.15, -0.1) is 0 Å². The number of carbonyl (C=O) groups is 2. The molecule has 17 heavy (non-hydrogen) atoms. The Morgan fingerprint density at radius 3 is 2.35 bits per heavy atom. The van der Waals surface area contributed by atoms with Crippen LogP contribution >= 0.6 is 0 Å². The van der Waals surface area contributed by atoms with Crippen LogP contribution in [0.3, 0.4) is 0 Å². The molecule has 0 aliphatic heterocycles. The first-order chi connectivity index (χ1) is 8.02. The molecule has 0 heterocycles. The van der Waals surface area contributed by atoms with Gasteiger partial charge in [0.2, 0.25) is 0 Å². The van der Waals surface area contributed by atoms with Gasteiger partial charge in [-0.3, -0.25) is 9.59 Å². The van der Waals surface area contributed by atoms with Crippen LogP contribution in [0, 0.1) is 0 Å². The summed E-state index contributed by atoms with van der Waals surface area (Å²) in [4.78, 5) is 24.3. The number of ether oxygens (including phenoxy) is 1. The van der Waals surface area contributed by atoms with Gasteiger partial charge in [0.05, 0.1) is 5.92 Å². The highest BCUT2D eigenvalue weighted by Gasteiger charge is 2.17. The van der Waals surface area contributed by atoms with E-state index in [9.17, 15) is 9.59 Å². The maximum atomic E-state index is 11.7. The topological polar surface area (TPSA) is 46.6 Å². The van der Waals surface area contributed by atoms with Crippen LogP contribution < -0.4 is 0 Å². The lowest BCUT2D eigenvalue weighted by Crippen LogP contribution is -2.28. The number of amides is 1. The molecule has 4 heteroatoms. The van der Waals surface area contributed by atoms with E-state index in [1.165, 1.54) is 4.90 Å². The standard InChI is InChI=1S/C13H17NO3/c1-10(11-7-5-4-6-8-11)13(16)17-9-12(15)14(2)3/h4-8,10H,9H2,1-3H3. The molecule has 1 unspecified atom stereocenters. The quantitative estimate of drug-likeness (QED) is 0.741. The lowest BCUT2D eigenvalue weighted by molar-refractivity contribution is -0.152. The normalized spacial score (nSPS) is 11.7. The Balaban J connectivity index is 2.51. The van der Waals surface area contributed by atoms with Gasteiger partial charge in [0.1, 0.15) is 0 Å². The minimum absolute atomic E-state index is 0.205. The minimum atomic E-state index is -0.383. The summed E-state index contributed by atoms with van der Waals surface area (Å²) in [5, 5.41) is 0. The van der Waals surface area contributed by atoms with Crippen molar-refractivity contribution in [3.8, 4) is 0 Å². The number of esters is 1. The van der Waals surface area contributed by atoms with Crippen molar-refractivity contribution in [3.63, 3.8) is 0 Å². The van der Waals surface area contributed by atoms with Gasteiger partial charge >= 0.3 is 5.97 Å². The Morgan fingerprint density at radius 1 is 1.24 bits per heavy atom. The Morgan fingerprint density at radius 2 is 1.82 bits per heavy atom. The molecule has 0 aliphatic rings. The molecular formula is C13H17NO3. The van der Waals surface area contributed by atoms with Gasteiger partial charge in [0.15, 0.2) is 6.61 Å². The van der Waals surface area contributed by atoms with Crippen molar-refractivity contribution in [2.45, 2.75) is 12.8 Å². The average molecular weight is 235 g/mol. The molecule has 4 nitrogen and oxygen atoms in total. The summed E-state index contributed by atoms with van der Waals surface area (Å²) in [5.74, 6) is -0.962. The third-order valence-corrected chi connectivity index (χ3v) is 2.49. The fraction of sp³-hybridized carbons (Fsp3) is 0.385. The van der Waals surface area contributed by atoms with Crippen LogP contribution in [0.1, 0.15) is 18.4 Å². The van der Waals surface area contributed by atoms with Crippen LogP contribution in [0.4, 0.5) is 0 Å². The molecule has 1 aromatic rings. The second-order valence-corrected chi connectivity index (χ2v) is 4.03.